The Hall–Kier alpha value is -1.88. The zero-order chi connectivity index (χ0) is 13.1. The van der Waals surface area contributed by atoms with Gasteiger partial charge >= 0.3 is 5.97 Å². The van der Waals surface area contributed by atoms with Crippen LogP contribution in [0, 0.1) is 13.8 Å². The third-order valence-electron chi connectivity index (χ3n) is 2.58. The van der Waals surface area contributed by atoms with E-state index in [1.807, 2.05) is 19.2 Å². The van der Waals surface area contributed by atoms with Crippen LogP contribution in [0.5, 0.6) is 0 Å². The summed E-state index contributed by atoms with van der Waals surface area (Å²) in [5.41, 5.74) is 3.15. The maximum absolute atomic E-state index is 10.9. The van der Waals surface area contributed by atoms with E-state index in [0.29, 0.717) is 12.1 Å². The van der Waals surface area contributed by atoms with Gasteiger partial charge in [-0.1, -0.05) is 6.07 Å². The molecule has 4 nitrogen and oxygen atoms in total. The SMILES string of the molecule is Cc1csc(CNc2cc(C(=O)O)ccc2C)n1. The molecule has 2 N–H and O–H groups in total. The van der Waals surface area contributed by atoms with Crippen LogP contribution in [-0.4, -0.2) is 16.1 Å². The lowest BCUT2D eigenvalue weighted by Crippen LogP contribution is -2.03. The van der Waals surface area contributed by atoms with E-state index in [1.165, 1.54) is 0 Å². The second-order valence-corrected chi connectivity index (χ2v) is 5.01. The van der Waals surface area contributed by atoms with Crippen LogP contribution in [0.25, 0.3) is 0 Å². The molecular formula is C13H14N2O2S. The Morgan fingerprint density at radius 1 is 1.44 bits per heavy atom. The number of aromatic nitrogens is 1. The Morgan fingerprint density at radius 2 is 2.22 bits per heavy atom. The van der Waals surface area contributed by atoms with Crippen LogP contribution < -0.4 is 5.32 Å². The maximum Gasteiger partial charge on any atom is 0.335 e. The predicted molar refractivity (Wildman–Crippen MR) is 72.3 cm³/mol. The normalized spacial score (nSPS) is 10.3. The number of aromatic carboxylic acids is 1. The Bertz CT molecular complexity index is 578. The molecule has 1 heterocycles. The summed E-state index contributed by atoms with van der Waals surface area (Å²) < 4.78 is 0. The van der Waals surface area contributed by atoms with Gasteiger partial charge in [0.15, 0.2) is 0 Å². The molecule has 1 aromatic carbocycles. The summed E-state index contributed by atoms with van der Waals surface area (Å²) in [5, 5.41) is 15.2. The van der Waals surface area contributed by atoms with E-state index in [4.69, 9.17) is 5.11 Å². The monoisotopic (exact) mass is 262 g/mol. The highest BCUT2D eigenvalue weighted by Gasteiger charge is 2.06. The van der Waals surface area contributed by atoms with Gasteiger partial charge in [0.25, 0.3) is 0 Å². The van der Waals surface area contributed by atoms with E-state index in [1.54, 1.807) is 29.5 Å². The van der Waals surface area contributed by atoms with Gasteiger partial charge in [-0.3, -0.25) is 0 Å². The molecule has 1 aromatic heterocycles. The smallest absolute Gasteiger partial charge is 0.335 e. The van der Waals surface area contributed by atoms with Crippen LogP contribution in [0.4, 0.5) is 5.69 Å². The van der Waals surface area contributed by atoms with Crippen molar-refractivity contribution >= 4 is 23.0 Å². The number of nitrogens with one attached hydrogen (secondary N) is 1. The number of aryl methyl sites for hydroxylation is 2. The van der Waals surface area contributed by atoms with Crippen molar-refractivity contribution in [2.75, 3.05) is 5.32 Å². The molecule has 0 amide bonds. The van der Waals surface area contributed by atoms with Gasteiger partial charge in [0, 0.05) is 16.8 Å². The van der Waals surface area contributed by atoms with E-state index in [2.05, 4.69) is 10.3 Å². The lowest BCUT2D eigenvalue weighted by Gasteiger charge is -2.09. The van der Waals surface area contributed by atoms with Crippen molar-refractivity contribution in [3.63, 3.8) is 0 Å². The molecule has 0 aliphatic heterocycles. The van der Waals surface area contributed by atoms with Crippen LogP contribution in [0.1, 0.15) is 26.6 Å². The summed E-state index contributed by atoms with van der Waals surface area (Å²) in [4.78, 5) is 15.3. The van der Waals surface area contributed by atoms with Crippen molar-refractivity contribution < 1.29 is 9.90 Å². The minimum absolute atomic E-state index is 0.290. The van der Waals surface area contributed by atoms with Crippen molar-refractivity contribution in [2.24, 2.45) is 0 Å². The second-order valence-electron chi connectivity index (χ2n) is 4.07. The first kappa shape index (κ1) is 12.6. The molecule has 0 aliphatic carbocycles. The molecule has 0 spiro atoms. The minimum atomic E-state index is -0.914. The van der Waals surface area contributed by atoms with Gasteiger partial charge in [-0.05, 0) is 31.5 Å². The minimum Gasteiger partial charge on any atom is -0.478 e. The number of nitrogens with zero attached hydrogens (tertiary/aromatic N) is 1. The molecule has 0 unspecified atom stereocenters. The number of benzene rings is 1. The molecule has 0 saturated heterocycles. The van der Waals surface area contributed by atoms with E-state index in [-0.39, 0.29) is 0 Å². The molecule has 0 radical (unpaired) electrons. The predicted octanol–water partition coefficient (Wildman–Crippen LogP) is 3.07. The number of hydrogen-bond donors (Lipinski definition) is 2. The second kappa shape index (κ2) is 5.18. The first-order valence-corrected chi connectivity index (χ1v) is 6.43. The number of carboxylic acids is 1. The highest BCUT2D eigenvalue weighted by atomic mass is 32.1. The Balaban J connectivity index is 2.13. The molecule has 2 aromatic rings. The van der Waals surface area contributed by atoms with Crippen LogP contribution in [0.2, 0.25) is 0 Å². The summed E-state index contributed by atoms with van der Waals surface area (Å²) in [5.74, 6) is -0.914. The molecule has 0 atom stereocenters. The zero-order valence-electron chi connectivity index (χ0n) is 10.2. The van der Waals surface area contributed by atoms with Crippen molar-refractivity contribution in [3.8, 4) is 0 Å². The van der Waals surface area contributed by atoms with Crippen LogP contribution >= 0.6 is 11.3 Å². The topological polar surface area (TPSA) is 62.2 Å². The molecule has 0 aliphatic rings. The molecule has 0 bridgehead atoms. The van der Waals surface area contributed by atoms with Gasteiger partial charge < -0.3 is 10.4 Å². The third kappa shape index (κ3) is 2.87. The largest absolute Gasteiger partial charge is 0.478 e. The fraction of sp³-hybridized carbons (Fsp3) is 0.231. The van der Waals surface area contributed by atoms with Crippen molar-refractivity contribution in [1.82, 2.24) is 4.98 Å². The average molecular weight is 262 g/mol. The summed E-state index contributed by atoms with van der Waals surface area (Å²) in [6.45, 7) is 4.51. The molecule has 94 valence electrons. The van der Waals surface area contributed by atoms with Gasteiger partial charge in [0.1, 0.15) is 5.01 Å². The molecule has 18 heavy (non-hydrogen) atoms. The van der Waals surface area contributed by atoms with Crippen LogP contribution in [0.3, 0.4) is 0 Å². The van der Waals surface area contributed by atoms with Crippen molar-refractivity contribution in [1.29, 1.82) is 0 Å². The van der Waals surface area contributed by atoms with E-state index < -0.39 is 5.97 Å². The van der Waals surface area contributed by atoms with E-state index in [9.17, 15) is 4.79 Å². The fourth-order valence-corrected chi connectivity index (χ4v) is 2.31. The first-order valence-electron chi connectivity index (χ1n) is 5.55. The fourth-order valence-electron chi connectivity index (χ4n) is 1.60. The quantitative estimate of drug-likeness (QED) is 0.889. The molecule has 5 heteroatoms. The van der Waals surface area contributed by atoms with E-state index >= 15 is 0 Å². The molecular weight excluding hydrogens is 248 g/mol. The van der Waals surface area contributed by atoms with Gasteiger partial charge in [-0.2, -0.15) is 0 Å². The summed E-state index contributed by atoms with van der Waals surface area (Å²) >= 11 is 1.60. The molecule has 2 rings (SSSR count). The lowest BCUT2D eigenvalue weighted by molar-refractivity contribution is 0.0697. The highest BCUT2D eigenvalue weighted by Crippen LogP contribution is 2.19. The average Bonchev–Trinajstić information content (AvgIpc) is 2.74. The van der Waals surface area contributed by atoms with Gasteiger partial charge in [-0.25, -0.2) is 9.78 Å². The van der Waals surface area contributed by atoms with Gasteiger partial charge in [0.05, 0.1) is 12.1 Å². The third-order valence-corrected chi connectivity index (χ3v) is 3.55. The Kier molecular flexibility index (Phi) is 3.62. The number of thiazole rings is 1. The standard InChI is InChI=1S/C13H14N2O2S/c1-8-3-4-10(13(16)17)5-11(8)14-6-12-15-9(2)7-18-12/h3-5,7,14H,6H2,1-2H3,(H,16,17). The highest BCUT2D eigenvalue weighted by molar-refractivity contribution is 7.09. The number of rotatable bonds is 4. The maximum atomic E-state index is 10.9. The Morgan fingerprint density at radius 3 is 2.83 bits per heavy atom. The number of carboxylic acid groups (broad SMARTS) is 1. The lowest BCUT2D eigenvalue weighted by atomic mass is 10.1. The summed E-state index contributed by atoms with van der Waals surface area (Å²) in [7, 11) is 0. The number of hydrogen-bond acceptors (Lipinski definition) is 4. The van der Waals surface area contributed by atoms with Gasteiger partial charge in [-0.15, -0.1) is 11.3 Å². The number of carbonyl (C=O) groups is 1. The van der Waals surface area contributed by atoms with Crippen LogP contribution in [0.15, 0.2) is 23.6 Å². The summed E-state index contributed by atoms with van der Waals surface area (Å²) in [6, 6.07) is 5.06. The number of anilines is 1. The van der Waals surface area contributed by atoms with Crippen molar-refractivity contribution in [2.45, 2.75) is 20.4 Å². The Labute approximate surface area is 109 Å². The molecule has 0 saturated carbocycles. The zero-order valence-corrected chi connectivity index (χ0v) is 11.0. The van der Waals surface area contributed by atoms with Crippen LogP contribution in [-0.2, 0) is 6.54 Å². The first-order chi connectivity index (χ1) is 8.56. The van der Waals surface area contributed by atoms with Crippen molar-refractivity contribution in [3.05, 3.63) is 45.4 Å². The van der Waals surface area contributed by atoms with Gasteiger partial charge in [0.2, 0.25) is 0 Å². The van der Waals surface area contributed by atoms with E-state index in [0.717, 1.165) is 22.0 Å². The summed E-state index contributed by atoms with van der Waals surface area (Å²) in [6.07, 6.45) is 0. The molecule has 0 fully saturated rings.